The van der Waals surface area contributed by atoms with Crippen LogP contribution in [0.15, 0.2) is 0 Å². The molecule has 0 amide bonds. The molecule has 0 aromatic carbocycles. The predicted molar refractivity (Wildman–Crippen MR) is 428 cm³/mol. The molecule has 0 rings (SSSR count). The third-order valence-electron chi connectivity index (χ3n) is 17.4. The summed E-state index contributed by atoms with van der Waals surface area (Å²) in [6, 6.07) is 0. The maximum absolute atomic E-state index is 12.0. The first-order chi connectivity index (χ1) is 43.5. The summed E-state index contributed by atoms with van der Waals surface area (Å²) in [7, 11) is -8.33. The summed E-state index contributed by atoms with van der Waals surface area (Å²) in [4.78, 5) is 28.6. The first kappa shape index (κ1) is 100. The molecule has 0 spiro atoms. The molecule has 0 bridgehead atoms. The quantitative estimate of drug-likeness (QED) is 0.0256. The molecular weight excluding hydrogens is 1730 g/mol. The van der Waals surface area contributed by atoms with E-state index in [-0.39, 0.29) is 64.2 Å². The van der Waals surface area contributed by atoms with E-state index >= 15 is 0 Å². The molecule has 0 fully saturated rings. The summed E-state index contributed by atoms with van der Waals surface area (Å²) in [6.07, 6.45) is 68.6. The van der Waals surface area contributed by atoms with Crippen LogP contribution < -0.4 is 9.79 Å². The van der Waals surface area contributed by atoms with Crippen molar-refractivity contribution in [3.8, 4) is 0 Å². The van der Waals surface area contributed by atoms with E-state index in [4.69, 9.17) is 18.1 Å². The fraction of sp³-hybridized carbons (Fsp3) is 1.00. The topological polar surface area (TPSA) is 117 Å². The molecule has 0 radical (unpaired) electrons. The van der Waals surface area contributed by atoms with Crippen molar-refractivity contribution in [1.29, 1.82) is 0 Å². The number of rotatable bonds is 72. The summed E-state index contributed by atoms with van der Waals surface area (Å²) in [5.41, 5.74) is 0. The van der Waals surface area contributed by atoms with Gasteiger partial charge in [-0.2, -0.15) is 0 Å². The van der Waals surface area contributed by atoms with E-state index in [0.717, 1.165) is 77.0 Å². The van der Waals surface area contributed by atoms with Gasteiger partial charge in [0.25, 0.3) is 15.6 Å². The Bertz CT molecular complexity index is 1340. The number of halogens is 8. The molecule has 8 nitrogen and oxygen atoms in total. The van der Waals surface area contributed by atoms with Gasteiger partial charge in [0.1, 0.15) is 0 Å². The first-order valence-electron chi connectivity index (χ1n) is 37.8. The number of phosphoric acid groups is 2. The van der Waals surface area contributed by atoms with E-state index < -0.39 is 15.6 Å². The van der Waals surface area contributed by atoms with Crippen molar-refractivity contribution < 1.29 is 37.0 Å². The van der Waals surface area contributed by atoms with Crippen LogP contribution in [0.25, 0.3) is 0 Å². The summed E-state index contributed by atoms with van der Waals surface area (Å²) in [6.45, 7) is 10.0. The van der Waals surface area contributed by atoms with E-state index in [9.17, 15) is 18.9 Å². The minimum absolute atomic E-state index is 0. The Hall–Kier alpha value is 5.32. The maximum atomic E-state index is 12.0. The second-order valence-electron chi connectivity index (χ2n) is 26.2. The minimum atomic E-state index is -4.17. The second-order valence-corrected chi connectivity index (χ2v) is 38.5. The molecular formula is C72H140Br8CaO8P2. The van der Waals surface area contributed by atoms with Gasteiger partial charge in [-0.15, -0.1) is 0 Å². The van der Waals surface area contributed by atoms with Gasteiger partial charge < -0.3 is 27.9 Å². The SMILES string of the molecule is CCCCCCCCC(Br)C(Br)CCCCCCCCOP(=O)([O-])OCCCCCCCCC(Br)C(Br)CCCCCCCC.CCCCCCCCC(Br)C(Br)CCCCCCCCOP(=O)([O-])OCCCCCCCCC(Br)C(Br)CCCCCCCC.[Ca+2]. The van der Waals surface area contributed by atoms with Gasteiger partial charge in [-0.1, -0.05) is 438 Å². The van der Waals surface area contributed by atoms with E-state index in [1.165, 1.54) is 283 Å². The van der Waals surface area contributed by atoms with Crippen molar-refractivity contribution in [3.63, 3.8) is 0 Å². The smallest absolute Gasteiger partial charge is 0.756 e. The van der Waals surface area contributed by atoms with Crippen LogP contribution in [-0.4, -0.2) is 103 Å². The van der Waals surface area contributed by atoms with Gasteiger partial charge in [-0.05, 0) is 77.0 Å². The zero-order valence-corrected chi connectivity index (χ0v) is 75.6. The van der Waals surface area contributed by atoms with Gasteiger partial charge in [0, 0.05) is 38.6 Å². The maximum Gasteiger partial charge on any atom is 2.00 e. The van der Waals surface area contributed by atoms with Gasteiger partial charge in [-0.25, -0.2) is 0 Å². The van der Waals surface area contributed by atoms with Crippen LogP contribution in [-0.2, 0) is 27.2 Å². The molecule has 0 N–H and O–H groups in total. The molecule has 0 aliphatic heterocycles. The van der Waals surface area contributed by atoms with Gasteiger partial charge in [0.2, 0.25) is 0 Å². The fourth-order valence-corrected chi connectivity index (χ4v) is 17.6. The Kier molecular flexibility index (Phi) is 84.4. The third-order valence-corrected chi connectivity index (χ3v) is 31.0. The van der Waals surface area contributed by atoms with Gasteiger partial charge in [-0.3, -0.25) is 9.13 Å². The normalized spacial score (nSPS) is 15.8. The number of alkyl halides is 8. The molecule has 0 saturated heterocycles. The number of hydrogen-bond acceptors (Lipinski definition) is 8. The van der Waals surface area contributed by atoms with E-state index in [0.29, 0.717) is 38.6 Å². The molecule has 8 unspecified atom stereocenters. The average Bonchev–Trinajstić information content (AvgIpc) is 3.71. The van der Waals surface area contributed by atoms with Crippen LogP contribution >= 0.6 is 143 Å². The minimum Gasteiger partial charge on any atom is -0.756 e. The Morgan fingerprint density at radius 3 is 0.462 bits per heavy atom. The average molecular weight is 1880 g/mol. The summed E-state index contributed by atoms with van der Waals surface area (Å²) in [5, 5.41) is 0. The predicted octanol–water partition coefficient (Wildman–Crippen LogP) is 28.6. The summed E-state index contributed by atoms with van der Waals surface area (Å²) >= 11 is 31.1. The first-order valence-corrected chi connectivity index (χ1v) is 48.0. The standard InChI is InChI=1S/2C36H71Br4O4P.Ca/c2*1-3-5-7-9-15-21-27-33(37)35(39)29-23-17-11-13-19-25-31-43-45(41,42)44-32-26-20-14-12-18-24-30-36(40)34(38)28-22-16-10-8-6-4-2;/h2*33-36H,3-32H2,1-2H3,(H,41,42);/q;;+2/p-2. The van der Waals surface area contributed by atoms with Crippen LogP contribution in [0.3, 0.4) is 0 Å². The van der Waals surface area contributed by atoms with Crippen molar-refractivity contribution >= 4 is 181 Å². The van der Waals surface area contributed by atoms with Crippen molar-refractivity contribution in [1.82, 2.24) is 0 Å². The van der Waals surface area contributed by atoms with Crippen LogP contribution in [0.2, 0.25) is 0 Å². The largest absolute Gasteiger partial charge is 2.00 e. The molecule has 19 heteroatoms. The Labute approximate surface area is 662 Å². The third kappa shape index (κ3) is 74.8. The second kappa shape index (κ2) is 76.4. The van der Waals surface area contributed by atoms with Gasteiger partial charge in [0.15, 0.2) is 0 Å². The Morgan fingerprint density at radius 2 is 0.330 bits per heavy atom. The molecule has 0 aliphatic rings. The zero-order valence-electron chi connectivity index (χ0n) is 58.9. The van der Waals surface area contributed by atoms with Crippen molar-refractivity contribution in [2.24, 2.45) is 0 Å². The molecule has 0 heterocycles. The van der Waals surface area contributed by atoms with Gasteiger partial charge in [0.05, 0.1) is 26.4 Å². The van der Waals surface area contributed by atoms with E-state index in [2.05, 4.69) is 155 Å². The number of hydrogen-bond donors (Lipinski definition) is 0. The van der Waals surface area contributed by atoms with Crippen LogP contribution in [0.4, 0.5) is 0 Å². The summed E-state index contributed by atoms with van der Waals surface area (Å²) < 4.78 is 44.4. The molecule has 91 heavy (non-hydrogen) atoms. The fourth-order valence-electron chi connectivity index (χ4n) is 11.3. The zero-order chi connectivity index (χ0) is 66.9. The van der Waals surface area contributed by atoms with E-state index in [1.54, 1.807) is 0 Å². The molecule has 0 aromatic rings. The van der Waals surface area contributed by atoms with Crippen molar-refractivity contribution in [2.45, 2.75) is 426 Å². The summed E-state index contributed by atoms with van der Waals surface area (Å²) in [5.74, 6) is 0. The van der Waals surface area contributed by atoms with Gasteiger partial charge >= 0.3 is 37.7 Å². The van der Waals surface area contributed by atoms with Crippen molar-refractivity contribution in [2.75, 3.05) is 26.4 Å². The molecule has 0 saturated carbocycles. The molecule has 8 atom stereocenters. The number of unbranched alkanes of at least 4 members (excludes halogenated alkanes) is 40. The Morgan fingerprint density at radius 1 is 0.220 bits per heavy atom. The Balaban J connectivity index is -0.00000168. The monoisotopic (exact) mass is 1870 g/mol. The van der Waals surface area contributed by atoms with Crippen molar-refractivity contribution in [3.05, 3.63) is 0 Å². The molecule has 0 aromatic heterocycles. The molecule has 0 aliphatic carbocycles. The van der Waals surface area contributed by atoms with Crippen LogP contribution in [0.5, 0.6) is 0 Å². The van der Waals surface area contributed by atoms with E-state index in [1.807, 2.05) is 0 Å². The molecule has 544 valence electrons. The number of phosphoric ester groups is 2. The van der Waals surface area contributed by atoms with Crippen LogP contribution in [0, 0.1) is 0 Å². The van der Waals surface area contributed by atoms with Crippen LogP contribution in [0.1, 0.15) is 387 Å².